The van der Waals surface area contributed by atoms with Gasteiger partial charge < -0.3 is 9.32 Å². The second-order valence-corrected chi connectivity index (χ2v) is 12.4. The Labute approximate surface area is 291 Å². The van der Waals surface area contributed by atoms with Crippen molar-refractivity contribution in [3.8, 4) is 44.8 Å². The molecule has 1 heterocycles. The summed E-state index contributed by atoms with van der Waals surface area (Å²) >= 11 is 0. The summed E-state index contributed by atoms with van der Waals surface area (Å²) in [6.07, 6.45) is 0. The molecule has 0 radical (unpaired) electrons. The minimum atomic E-state index is 0.636. The fourth-order valence-electron chi connectivity index (χ4n) is 6.81. The molecule has 0 unspecified atom stereocenters. The summed E-state index contributed by atoms with van der Waals surface area (Å²) in [4.78, 5) is 7.25. The smallest absolute Gasteiger partial charge is 0.227 e. The molecule has 0 amide bonds. The average Bonchev–Trinajstić information content (AvgIpc) is 3.65. The molecule has 0 N–H and O–H groups in total. The molecule has 0 saturated heterocycles. The van der Waals surface area contributed by atoms with Crippen molar-refractivity contribution >= 4 is 38.9 Å². The second kappa shape index (κ2) is 12.7. The molecule has 9 aromatic rings. The van der Waals surface area contributed by atoms with Crippen LogP contribution in [0.4, 0.5) is 17.1 Å². The van der Waals surface area contributed by atoms with Crippen LogP contribution in [0.3, 0.4) is 0 Å². The number of hydrogen-bond acceptors (Lipinski definition) is 3. The lowest BCUT2D eigenvalue weighted by atomic mass is 9.97. The van der Waals surface area contributed by atoms with Gasteiger partial charge in [0.25, 0.3) is 0 Å². The molecule has 3 nitrogen and oxygen atoms in total. The Bertz CT molecular complexity index is 2460. The number of benzene rings is 8. The molecule has 236 valence electrons. The van der Waals surface area contributed by atoms with E-state index in [0.29, 0.717) is 5.89 Å². The Morgan fingerprint density at radius 3 is 1.32 bits per heavy atom. The van der Waals surface area contributed by atoms with Gasteiger partial charge in [-0.05, 0) is 99.4 Å². The average molecular weight is 641 g/mol. The van der Waals surface area contributed by atoms with Crippen LogP contribution in [-0.4, -0.2) is 4.98 Å². The van der Waals surface area contributed by atoms with Gasteiger partial charge in [-0.3, -0.25) is 0 Å². The molecule has 8 aromatic carbocycles. The first-order chi connectivity index (χ1) is 24.8. The van der Waals surface area contributed by atoms with E-state index in [1.165, 1.54) is 22.3 Å². The quantitative estimate of drug-likeness (QED) is 0.174. The highest BCUT2D eigenvalue weighted by Crippen LogP contribution is 2.39. The Balaban J connectivity index is 1.10. The van der Waals surface area contributed by atoms with Crippen molar-refractivity contribution in [2.75, 3.05) is 4.90 Å². The van der Waals surface area contributed by atoms with Gasteiger partial charge in [0.15, 0.2) is 5.58 Å². The first-order valence-corrected chi connectivity index (χ1v) is 16.9. The summed E-state index contributed by atoms with van der Waals surface area (Å²) in [7, 11) is 0. The summed E-state index contributed by atoms with van der Waals surface area (Å²) in [5, 5.41) is 2.22. The van der Waals surface area contributed by atoms with Crippen molar-refractivity contribution in [2.45, 2.75) is 0 Å². The summed E-state index contributed by atoms with van der Waals surface area (Å²) in [5.74, 6) is 0.636. The van der Waals surface area contributed by atoms with Crippen LogP contribution in [0.1, 0.15) is 0 Å². The first-order valence-electron chi connectivity index (χ1n) is 16.9. The van der Waals surface area contributed by atoms with Gasteiger partial charge in [0.05, 0.1) is 0 Å². The van der Waals surface area contributed by atoms with Gasteiger partial charge in [-0.1, -0.05) is 133 Å². The molecule has 9 rings (SSSR count). The maximum absolute atomic E-state index is 6.18. The van der Waals surface area contributed by atoms with E-state index in [9.17, 15) is 0 Å². The van der Waals surface area contributed by atoms with E-state index in [4.69, 9.17) is 9.40 Å². The monoisotopic (exact) mass is 640 g/mol. The standard InChI is InChI=1S/C47H32N2O/c1-4-11-33(12-5-1)35-19-25-39(26-20-35)49(40-27-21-36(22-28-40)34-13-6-2-7-14-34)41-29-23-37(24-30-41)42-17-10-18-44-43(42)31-32-45-46(44)48-47(50-45)38-15-8-3-9-16-38/h1-32H. The van der Waals surface area contributed by atoms with Crippen LogP contribution in [0.5, 0.6) is 0 Å². The van der Waals surface area contributed by atoms with Crippen LogP contribution in [0.2, 0.25) is 0 Å². The van der Waals surface area contributed by atoms with Crippen molar-refractivity contribution in [3.63, 3.8) is 0 Å². The molecule has 0 saturated carbocycles. The number of nitrogens with zero attached hydrogens (tertiary/aromatic N) is 2. The minimum Gasteiger partial charge on any atom is -0.436 e. The van der Waals surface area contributed by atoms with Gasteiger partial charge >= 0.3 is 0 Å². The van der Waals surface area contributed by atoms with E-state index < -0.39 is 0 Å². The number of hydrogen-bond donors (Lipinski definition) is 0. The number of fused-ring (bicyclic) bond motifs is 3. The zero-order valence-corrected chi connectivity index (χ0v) is 27.3. The predicted molar refractivity (Wildman–Crippen MR) is 208 cm³/mol. The Hall–Kier alpha value is -6.71. The maximum atomic E-state index is 6.18. The fourth-order valence-corrected chi connectivity index (χ4v) is 6.81. The van der Waals surface area contributed by atoms with Gasteiger partial charge in [-0.25, -0.2) is 4.98 Å². The summed E-state index contributed by atoms with van der Waals surface area (Å²) in [6, 6.07) is 68.2. The van der Waals surface area contributed by atoms with Crippen molar-refractivity contribution in [1.29, 1.82) is 0 Å². The SMILES string of the molecule is c1ccc(-c2ccc(N(c3ccc(-c4ccccc4)cc3)c3ccc(-c4cccc5c4ccc4oc(-c6ccccc6)nc45)cc3)cc2)cc1. The lowest BCUT2D eigenvalue weighted by Gasteiger charge is -2.26. The molecule has 0 fully saturated rings. The van der Waals surface area contributed by atoms with E-state index in [1.807, 2.05) is 36.4 Å². The van der Waals surface area contributed by atoms with Gasteiger partial charge in [-0.15, -0.1) is 0 Å². The summed E-state index contributed by atoms with van der Waals surface area (Å²) < 4.78 is 6.18. The van der Waals surface area contributed by atoms with E-state index in [2.05, 4.69) is 163 Å². The molecule has 50 heavy (non-hydrogen) atoms. The van der Waals surface area contributed by atoms with Crippen molar-refractivity contribution < 1.29 is 4.42 Å². The topological polar surface area (TPSA) is 29.3 Å². The van der Waals surface area contributed by atoms with E-state index in [-0.39, 0.29) is 0 Å². The Kier molecular flexibility index (Phi) is 7.49. The number of rotatable bonds is 7. The highest BCUT2D eigenvalue weighted by molar-refractivity contribution is 6.09. The van der Waals surface area contributed by atoms with Crippen LogP contribution < -0.4 is 4.90 Å². The Morgan fingerprint density at radius 1 is 0.340 bits per heavy atom. The van der Waals surface area contributed by atoms with Crippen LogP contribution >= 0.6 is 0 Å². The molecule has 0 aliphatic carbocycles. The molecule has 0 spiro atoms. The van der Waals surface area contributed by atoms with Crippen LogP contribution in [0, 0.1) is 0 Å². The molecule has 0 aliphatic rings. The molecule has 0 aliphatic heterocycles. The first kappa shape index (κ1) is 29.4. The molecule has 0 atom stereocenters. The predicted octanol–water partition coefficient (Wildman–Crippen LogP) is 13.1. The zero-order chi connectivity index (χ0) is 33.3. The van der Waals surface area contributed by atoms with E-state index >= 15 is 0 Å². The number of anilines is 3. The van der Waals surface area contributed by atoms with Crippen LogP contribution in [0.25, 0.3) is 66.7 Å². The van der Waals surface area contributed by atoms with Crippen LogP contribution in [0.15, 0.2) is 199 Å². The van der Waals surface area contributed by atoms with Crippen LogP contribution in [-0.2, 0) is 0 Å². The molecule has 0 bridgehead atoms. The van der Waals surface area contributed by atoms with Crippen molar-refractivity contribution in [1.82, 2.24) is 4.98 Å². The lowest BCUT2D eigenvalue weighted by Crippen LogP contribution is -2.09. The Morgan fingerprint density at radius 2 is 0.800 bits per heavy atom. The van der Waals surface area contributed by atoms with Gasteiger partial charge in [-0.2, -0.15) is 0 Å². The fraction of sp³-hybridized carbons (Fsp3) is 0. The third-order valence-corrected chi connectivity index (χ3v) is 9.34. The van der Waals surface area contributed by atoms with Gasteiger partial charge in [0.1, 0.15) is 5.52 Å². The number of oxazole rings is 1. The highest BCUT2D eigenvalue weighted by atomic mass is 16.3. The molecular formula is C47H32N2O. The molecule has 3 heteroatoms. The maximum Gasteiger partial charge on any atom is 0.227 e. The zero-order valence-electron chi connectivity index (χ0n) is 27.3. The third-order valence-electron chi connectivity index (χ3n) is 9.34. The normalized spacial score (nSPS) is 11.2. The van der Waals surface area contributed by atoms with Crippen molar-refractivity contribution in [3.05, 3.63) is 194 Å². The largest absolute Gasteiger partial charge is 0.436 e. The van der Waals surface area contributed by atoms with E-state index in [0.717, 1.165) is 55.6 Å². The molecular weight excluding hydrogens is 609 g/mol. The van der Waals surface area contributed by atoms with Crippen molar-refractivity contribution in [2.24, 2.45) is 0 Å². The minimum absolute atomic E-state index is 0.636. The van der Waals surface area contributed by atoms with Gasteiger partial charge in [0.2, 0.25) is 5.89 Å². The van der Waals surface area contributed by atoms with E-state index in [1.54, 1.807) is 0 Å². The highest BCUT2D eigenvalue weighted by Gasteiger charge is 2.16. The second-order valence-electron chi connectivity index (χ2n) is 12.4. The molecule has 1 aromatic heterocycles. The summed E-state index contributed by atoms with van der Waals surface area (Å²) in [6.45, 7) is 0. The summed E-state index contributed by atoms with van der Waals surface area (Å²) in [5.41, 5.74) is 13.0. The number of aromatic nitrogens is 1. The third kappa shape index (κ3) is 5.51. The lowest BCUT2D eigenvalue weighted by molar-refractivity contribution is 0.620. The van der Waals surface area contributed by atoms with Gasteiger partial charge in [0, 0.05) is 28.0 Å².